The van der Waals surface area contributed by atoms with E-state index in [-0.39, 0.29) is 17.2 Å². The molecule has 19 heavy (non-hydrogen) atoms. The molecule has 1 atom stereocenters. The Kier molecular flexibility index (Phi) is 5.10. The third kappa shape index (κ3) is 4.39. The molecule has 0 heterocycles. The summed E-state index contributed by atoms with van der Waals surface area (Å²) in [5, 5.41) is 0. The molecule has 1 aromatic rings. The number of rotatable bonds is 3. The summed E-state index contributed by atoms with van der Waals surface area (Å²) < 4.78 is 0. The van der Waals surface area contributed by atoms with Gasteiger partial charge in [-0.15, -0.1) is 0 Å². The number of hydroxylamine groups is 1. The van der Waals surface area contributed by atoms with E-state index in [1.807, 2.05) is 33.8 Å². The lowest BCUT2D eigenvalue weighted by atomic mass is 9.79. The Morgan fingerprint density at radius 1 is 1.21 bits per heavy atom. The Bertz CT molecular complexity index is 434. The number of amides is 1. The second kappa shape index (κ2) is 6.36. The summed E-state index contributed by atoms with van der Waals surface area (Å²) in [6.07, 6.45) is 0.693. The summed E-state index contributed by atoms with van der Waals surface area (Å²) in [5.41, 5.74) is 2.49. The van der Waals surface area contributed by atoms with Crippen molar-refractivity contribution < 1.29 is 14.4 Å². The molecule has 0 spiro atoms. The first-order chi connectivity index (χ1) is 8.86. The van der Waals surface area contributed by atoms with Crippen molar-refractivity contribution in [1.29, 1.82) is 0 Å². The number of carbonyl (C=O) groups is 2. The maximum atomic E-state index is 12.0. The maximum absolute atomic E-state index is 12.0. The van der Waals surface area contributed by atoms with Crippen molar-refractivity contribution >= 4 is 11.9 Å². The van der Waals surface area contributed by atoms with Crippen molar-refractivity contribution in [3.8, 4) is 0 Å². The summed E-state index contributed by atoms with van der Waals surface area (Å²) in [7, 11) is 0. The number of benzene rings is 1. The molecule has 0 aromatic heterocycles. The quantitative estimate of drug-likeness (QED) is 0.853. The number of hydrogen-bond acceptors (Lipinski definition) is 3. The van der Waals surface area contributed by atoms with Gasteiger partial charge in [0, 0.05) is 5.92 Å². The van der Waals surface area contributed by atoms with Crippen LogP contribution in [0.2, 0.25) is 0 Å². The highest BCUT2D eigenvalue weighted by Gasteiger charge is 2.30. The van der Waals surface area contributed by atoms with Crippen LogP contribution >= 0.6 is 0 Å². The van der Waals surface area contributed by atoms with Crippen LogP contribution in [0.5, 0.6) is 0 Å². The standard InChI is InChI=1S/C15H21NO3/c1-5-12(15(2,3)4)13(17)16-19-14(18)11-9-7-6-8-10-11/h6-10,12H,5H2,1-4H3,(H,16,17). The minimum absolute atomic E-state index is 0.169. The zero-order valence-electron chi connectivity index (χ0n) is 11.9. The van der Waals surface area contributed by atoms with Crippen LogP contribution in [0.4, 0.5) is 0 Å². The van der Waals surface area contributed by atoms with Crippen molar-refractivity contribution in [3.63, 3.8) is 0 Å². The second-order valence-electron chi connectivity index (χ2n) is 5.55. The Morgan fingerprint density at radius 2 is 1.79 bits per heavy atom. The van der Waals surface area contributed by atoms with Crippen LogP contribution in [-0.4, -0.2) is 11.9 Å². The summed E-state index contributed by atoms with van der Waals surface area (Å²) in [5.74, 6) is -1.02. The van der Waals surface area contributed by atoms with Crippen molar-refractivity contribution in [1.82, 2.24) is 5.48 Å². The zero-order chi connectivity index (χ0) is 14.5. The van der Waals surface area contributed by atoms with Gasteiger partial charge in [-0.2, -0.15) is 5.48 Å². The molecule has 0 aliphatic rings. The fourth-order valence-electron chi connectivity index (χ4n) is 1.99. The molecule has 0 aliphatic heterocycles. The third-order valence-electron chi connectivity index (χ3n) is 3.02. The maximum Gasteiger partial charge on any atom is 0.362 e. The summed E-state index contributed by atoms with van der Waals surface area (Å²) in [6.45, 7) is 7.90. The van der Waals surface area contributed by atoms with E-state index in [1.165, 1.54) is 0 Å². The van der Waals surface area contributed by atoms with E-state index >= 15 is 0 Å². The predicted octanol–water partition coefficient (Wildman–Crippen LogP) is 2.95. The SMILES string of the molecule is CCC(C(=O)NOC(=O)c1ccccc1)C(C)(C)C. The largest absolute Gasteiger partial charge is 0.362 e. The highest BCUT2D eigenvalue weighted by atomic mass is 16.7. The first kappa shape index (κ1) is 15.2. The molecule has 104 valence electrons. The topological polar surface area (TPSA) is 55.4 Å². The van der Waals surface area contributed by atoms with Crippen LogP contribution in [0.25, 0.3) is 0 Å². The normalized spacial score (nSPS) is 12.6. The molecule has 4 heteroatoms. The average molecular weight is 263 g/mol. The van der Waals surface area contributed by atoms with Crippen molar-refractivity contribution in [2.75, 3.05) is 0 Å². The molecule has 1 rings (SSSR count). The summed E-state index contributed by atoms with van der Waals surface area (Å²) in [6, 6.07) is 8.55. The van der Waals surface area contributed by atoms with Gasteiger partial charge in [0.05, 0.1) is 5.56 Å². The molecule has 0 saturated carbocycles. The van der Waals surface area contributed by atoms with Crippen molar-refractivity contribution in [3.05, 3.63) is 35.9 Å². The Balaban J connectivity index is 2.57. The Labute approximate surface area is 114 Å². The van der Waals surface area contributed by atoms with Crippen LogP contribution in [0.1, 0.15) is 44.5 Å². The van der Waals surface area contributed by atoms with E-state index in [0.717, 1.165) is 0 Å². The average Bonchev–Trinajstić information content (AvgIpc) is 2.36. The summed E-state index contributed by atoms with van der Waals surface area (Å²) in [4.78, 5) is 28.5. The number of nitrogens with one attached hydrogen (secondary N) is 1. The molecule has 1 amide bonds. The molecule has 4 nitrogen and oxygen atoms in total. The van der Waals surface area contributed by atoms with Gasteiger partial charge in [-0.1, -0.05) is 45.9 Å². The monoisotopic (exact) mass is 263 g/mol. The van der Waals surface area contributed by atoms with E-state index in [9.17, 15) is 9.59 Å². The van der Waals surface area contributed by atoms with Crippen LogP contribution in [0, 0.1) is 11.3 Å². The summed E-state index contributed by atoms with van der Waals surface area (Å²) >= 11 is 0. The molecular weight excluding hydrogens is 242 g/mol. The van der Waals surface area contributed by atoms with Gasteiger partial charge in [0.15, 0.2) is 0 Å². The van der Waals surface area contributed by atoms with E-state index in [2.05, 4.69) is 5.48 Å². The van der Waals surface area contributed by atoms with Gasteiger partial charge >= 0.3 is 5.97 Å². The van der Waals surface area contributed by atoms with Crippen LogP contribution in [0.3, 0.4) is 0 Å². The molecule has 0 radical (unpaired) electrons. The van der Waals surface area contributed by atoms with Gasteiger partial charge in [0.2, 0.25) is 0 Å². The lowest BCUT2D eigenvalue weighted by molar-refractivity contribution is -0.137. The van der Waals surface area contributed by atoms with E-state index in [1.54, 1.807) is 24.3 Å². The van der Waals surface area contributed by atoms with E-state index in [4.69, 9.17) is 4.84 Å². The molecular formula is C15H21NO3. The first-order valence-corrected chi connectivity index (χ1v) is 6.42. The van der Waals surface area contributed by atoms with Gasteiger partial charge in [0.1, 0.15) is 0 Å². The van der Waals surface area contributed by atoms with Crippen LogP contribution in [-0.2, 0) is 9.63 Å². The van der Waals surface area contributed by atoms with E-state index < -0.39 is 5.97 Å². The molecule has 0 aliphatic carbocycles. The van der Waals surface area contributed by atoms with Gasteiger partial charge in [0.25, 0.3) is 5.91 Å². The zero-order valence-corrected chi connectivity index (χ0v) is 11.9. The van der Waals surface area contributed by atoms with E-state index in [0.29, 0.717) is 12.0 Å². The molecule has 0 fully saturated rings. The predicted molar refractivity (Wildman–Crippen MR) is 73.2 cm³/mol. The molecule has 0 saturated heterocycles. The fourth-order valence-corrected chi connectivity index (χ4v) is 1.99. The Hall–Kier alpha value is -1.84. The molecule has 0 bridgehead atoms. The minimum Gasteiger partial charge on any atom is -0.335 e. The van der Waals surface area contributed by atoms with Gasteiger partial charge in [-0.3, -0.25) is 4.79 Å². The van der Waals surface area contributed by atoms with Gasteiger partial charge < -0.3 is 4.84 Å². The van der Waals surface area contributed by atoms with Crippen LogP contribution in [0.15, 0.2) is 30.3 Å². The van der Waals surface area contributed by atoms with Crippen molar-refractivity contribution in [2.45, 2.75) is 34.1 Å². The van der Waals surface area contributed by atoms with Crippen molar-refractivity contribution in [2.24, 2.45) is 11.3 Å². The smallest absolute Gasteiger partial charge is 0.335 e. The molecule has 1 N–H and O–H groups in total. The second-order valence-corrected chi connectivity index (χ2v) is 5.55. The lowest BCUT2D eigenvalue weighted by Gasteiger charge is -2.27. The molecule has 1 unspecified atom stereocenters. The highest BCUT2D eigenvalue weighted by molar-refractivity contribution is 5.90. The number of hydrogen-bond donors (Lipinski definition) is 1. The first-order valence-electron chi connectivity index (χ1n) is 6.42. The minimum atomic E-state index is -0.558. The third-order valence-corrected chi connectivity index (χ3v) is 3.02. The fraction of sp³-hybridized carbons (Fsp3) is 0.467. The van der Waals surface area contributed by atoms with Gasteiger partial charge in [-0.05, 0) is 24.0 Å². The van der Waals surface area contributed by atoms with Crippen LogP contribution < -0.4 is 5.48 Å². The highest BCUT2D eigenvalue weighted by Crippen LogP contribution is 2.28. The van der Waals surface area contributed by atoms with Gasteiger partial charge in [-0.25, -0.2) is 4.79 Å². The number of carbonyl (C=O) groups excluding carboxylic acids is 2. The lowest BCUT2D eigenvalue weighted by Crippen LogP contribution is -2.38. The molecule has 1 aromatic carbocycles. The Morgan fingerprint density at radius 3 is 2.26 bits per heavy atom.